The van der Waals surface area contributed by atoms with Crippen LogP contribution in [0, 0.1) is 36.0 Å². The van der Waals surface area contributed by atoms with Gasteiger partial charge in [0.1, 0.15) is 17.3 Å². The second-order valence-corrected chi connectivity index (χ2v) is 17.0. The number of halogens is 2. The predicted molar refractivity (Wildman–Crippen MR) is 204 cm³/mol. The summed E-state index contributed by atoms with van der Waals surface area (Å²) < 4.78 is 2.56. The highest BCUT2D eigenvalue weighted by Crippen LogP contribution is 2.64. The first-order valence-electron chi connectivity index (χ1n) is 18.1. The molecule has 0 unspecified atom stereocenters. The Morgan fingerprint density at radius 3 is 2.48 bits per heavy atom. The maximum atomic E-state index is 15.0. The molecule has 2 saturated heterocycles. The number of aryl methyl sites for hydroxylation is 2. The second kappa shape index (κ2) is 13.3. The molecule has 2 aliphatic carbocycles. The van der Waals surface area contributed by atoms with Crippen molar-refractivity contribution in [2.75, 3.05) is 11.4 Å². The van der Waals surface area contributed by atoms with Crippen molar-refractivity contribution >= 4 is 80.0 Å². The Labute approximate surface area is 325 Å². The van der Waals surface area contributed by atoms with Gasteiger partial charge in [0.25, 0.3) is 0 Å². The fourth-order valence-electron chi connectivity index (χ4n) is 9.56. The van der Waals surface area contributed by atoms with Crippen LogP contribution in [0.25, 0.3) is 20.7 Å². The number of rotatable bonds is 9. The number of amides is 4. The number of benzene rings is 2. The normalized spacial score (nSPS) is 26.4. The summed E-state index contributed by atoms with van der Waals surface area (Å²) in [6.45, 7) is 3.93. The summed E-state index contributed by atoms with van der Waals surface area (Å²) >= 11 is 14.4. The lowest BCUT2D eigenvalue weighted by Gasteiger charge is -2.49. The van der Waals surface area contributed by atoms with Crippen LogP contribution in [0.15, 0.2) is 54.1 Å². The van der Waals surface area contributed by atoms with E-state index in [1.807, 2.05) is 31.2 Å². The summed E-state index contributed by atoms with van der Waals surface area (Å²) in [5, 5.41) is 27.1. The fourth-order valence-corrected chi connectivity index (χ4v) is 11.1. The molecule has 2 aromatic carbocycles. The molecular weight excluding hydrogens is 751 g/mol. The van der Waals surface area contributed by atoms with E-state index in [1.165, 1.54) is 20.5 Å². The van der Waals surface area contributed by atoms with Gasteiger partial charge in [0, 0.05) is 52.3 Å². The van der Waals surface area contributed by atoms with Crippen LogP contribution >= 0.6 is 34.5 Å². The quantitative estimate of drug-likeness (QED) is 0.101. The minimum absolute atomic E-state index is 0.0182. The van der Waals surface area contributed by atoms with Gasteiger partial charge in [-0.2, -0.15) is 5.10 Å². The van der Waals surface area contributed by atoms with Crippen molar-refractivity contribution in [3.05, 3.63) is 75.3 Å². The number of carbonyl (C=O) groups excluding carboxylic acids is 4. The summed E-state index contributed by atoms with van der Waals surface area (Å²) in [6.07, 6.45) is 3.87. The molecule has 54 heavy (non-hydrogen) atoms. The molecule has 11 nitrogen and oxygen atoms in total. The highest BCUT2D eigenvalue weighted by molar-refractivity contribution is 7.22. The Kier molecular flexibility index (Phi) is 9.01. The number of likely N-dealkylation sites (tertiary alicyclic amines) is 1. The number of anilines is 1. The zero-order valence-electron chi connectivity index (χ0n) is 29.8. The maximum Gasteiger partial charge on any atom is 0.303 e. The summed E-state index contributed by atoms with van der Waals surface area (Å²) in [5.74, 6) is -5.78. The van der Waals surface area contributed by atoms with Gasteiger partial charge in [0.15, 0.2) is 0 Å². The van der Waals surface area contributed by atoms with E-state index in [1.54, 1.807) is 43.5 Å². The molecule has 1 saturated carbocycles. The summed E-state index contributed by atoms with van der Waals surface area (Å²) in [7, 11) is 1.69. The van der Waals surface area contributed by atoms with Crippen molar-refractivity contribution in [2.24, 2.45) is 36.1 Å². The minimum Gasteiger partial charge on any atom is -0.508 e. The predicted octanol–water partition coefficient (Wildman–Crippen LogP) is 7.50. The lowest BCUT2D eigenvalue weighted by atomic mass is 9.51. The molecule has 4 heterocycles. The van der Waals surface area contributed by atoms with Gasteiger partial charge in [-0.25, -0.2) is 4.90 Å². The smallest absolute Gasteiger partial charge is 0.303 e. The monoisotopic (exact) mass is 788 g/mol. The maximum absolute atomic E-state index is 15.0. The van der Waals surface area contributed by atoms with Crippen molar-refractivity contribution in [2.45, 2.75) is 58.3 Å². The van der Waals surface area contributed by atoms with Crippen molar-refractivity contribution < 1.29 is 34.2 Å². The lowest BCUT2D eigenvalue weighted by Crippen LogP contribution is -2.49. The third-order valence-electron chi connectivity index (χ3n) is 12.2. The first-order chi connectivity index (χ1) is 25.7. The molecule has 2 N–H and O–H groups in total. The number of thiophene rings is 1. The molecule has 14 heteroatoms. The van der Waals surface area contributed by atoms with Gasteiger partial charge in [0.05, 0.1) is 28.0 Å². The van der Waals surface area contributed by atoms with Crippen LogP contribution < -0.4 is 4.90 Å². The number of aliphatic carboxylic acids is 1. The molecule has 2 aromatic heterocycles. The summed E-state index contributed by atoms with van der Waals surface area (Å²) in [6, 6.07) is 12.1. The number of aromatic hydroxyl groups is 1. The molecule has 8 rings (SSSR count). The molecular formula is C40H38Cl2N4O7S. The largest absolute Gasteiger partial charge is 0.508 e. The van der Waals surface area contributed by atoms with Crippen LogP contribution in [0.3, 0.4) is 0 Å². The molecule has 0 spiro atoms. The SMILES string of the molecule is Cc1c(-c2cc(N3C(=O)[C@@H]4C[C@@H]5C(=CC[C@@H]6C(=O)N(CCCCCC(=O)O)C(=O)[C@@H]65)[C@H](c5cc(Cl)ccc5O)[C@]4(C)C3=O)n(C)n2)sc2ccc(Cl)cc12. The van der Waals surface area contributed by atoms with Crippen molar-refractivity contribution in [1.82, 2.24) is 14.7 Å². The molecule has 0 radical (unpaired) electrons. The number of carboxylic acid groups (broad SMARTS) is 1. The summed E-state index contributed by atoms with van der Waals surface area (Å²) in [4.78, 5) is 72.1. The molecule has 0 bridgehead atoms. The second-order valence-electron chi connectivity index (χ2n) is 15.1. The number of unbranched alkanes of at least 4 members (excludes halogenated alkanes) is 2. The zero-order chi connectivity index (χ0) is 38.4. The van der Waals surface area contributed by atoms with Crippen molar-refractivity contribution in [3.63, 3.8) is 0 Å². The number of nitrogens with zero attached hydrogens (tertiary/aromatic N) is 4. The lowest BCUT2D eigenvalue weighted by molar-refractivity contribution is -0.141. The Morgan fingerprint density at radius 2 is 1.72 bits per heavy atom. The summed E-state index contributed by atoms with van der Waals surface area (Å²) in [5.41, 5.74) is 1.33. The number of carboxylic acids is 1. The van der Waals surface area contributed by atoms with Crippen LogP contribution in [-0.4, -0.2) is 61.0 Å². The number of allylic oxidation sites excluding steroid dienone is 2. The van der Waals surface area contributed by atoms with E-state index in [0.717, 1.165) is 26.1 Å². The molecule has 4 aliphatic rings. The van der Waals surface area contributed by atoms with Gasteiger partial charge >= 0.3 is 5.97 Å². The Bertz CT molecular complexity index is 2330. The first-order valence-corrected chi connectivity index (χ1v) is 19.7. The average Bonchev–Trinajstić information content (AvgIpc) is 3.79. The number of carbonyl (C=O) groups is 5. The number of phenolic OH excluding ortho intramolecular Hbond substituents is 1. The topological polar surface area (TPSA) is 150 Å². The van der Waals surface area contributed by atoms with E-state index in [0.29, 0.717) is 46.4 Å². The van der Waals surface area contributed by atoms with Gasteiger partial charge in [-0.3, -0.25) is 33.6 Å². The fraction of sp³-hybridized carbons (Fsp3) is 0.400. The average molecular weight is 790 g/mol. The van der Waals surface area contributed by atoms with E-state index < -0.39 is 52.8 Å². The molecule has 6 atom stereocenters. The number of imide groups is 2. The molecule has 3 fully saturated rings. The van der Waals surface area contributed by atoms with E-state index >= 15 is 4.79 Å². The molecule has 2 aliphatic heterocycles. The van der Waals surface area contributed by atoms with Crippen molar-refractivity contribution in [3.8, 4) is 16.3 Å². The number of fused-ring (bicyclic) bond motifs is 5. The van der Waals surface area contributed by atoms with Crippen LogP contribution in [0.2, 0.25) is 10.0 Å². The third kappa shape index (κ3) is 5.51. The highest BCUT2D eigenvalue weighted by Gasteiger charge is 2.68. The van der Waals surface area contributed by atoms with Gasteiger partial charge in [-0.15, -0.1) is 11.3 Å². The molecule has 4 aromatic rings. The Hall–Kier alpha value is -4.52. The Balaban J connectivity index is 1.18. The van der Waals surface area contributed by atoms with Gasteiger partial charge in [0.2, 0.25) is 23.6 Å². The van der Waals surface area contributed by atoms with E-state index in [9.17, 15) is 24.3 Å². The number of hydrogen-bond acceptors (Lipinski definition) is 8. The third-order valence-corrected chi connectivity index (χ3v) is 13.9. The van der Waals surface area contributed by atoms with Crippen LogP contribution in [-0.2, 0) is 31.0 Å². The first kappa shape index (κ1) is 36.5. The molecule has 4 amide bonds. The highest BCUT2D eigenvalue weighted by atomic mass is 35.5. The van der Waals surface area contributed by atoms with Crippen molar-refractivity contribution in [1.29, 1.82) is 0 Å². The van der Waals surface area contributed by atoms with Gasteiger partial charge in [-0.05, 0) is 92.8 Å². The Morgan fingerprint density at radius 1 is 0.981 bits per heavy atom. The molecule has 280 valence electrons. The number of aromatic nitrogens is 2. The van der Waals surface area contributed by atoms with Crippen LogP contribution in [0.1, 0.15) is 62.5 Å². The number of phenols is 1. The van der Waals surface area contributed by atoms with Gasteiger partial charge in [-0.1, -0.05) is 41.3 Å². The van der Waals surface area contributed by atoms with Crippen LogP contribution in [0.5, 0.6) is 5.75 Å². The standard InChI is InChI=1S/C40H38Cl2N4O7S/c1-19-24-15-21(42)9-13-30(24)54-35(19)28-18-31(44(3)43-28)46-37(51)27-17-25-22(34(40(27,2)39(46)53)26-16-20(41)8-12-29(26)47)10-11-23-33(25)38(52)45(36(23)50)14-6-4-5-7-32(48)49/h8-10,12-13,15-16,18,23,25,27,33-34,47H,4-7,11,14,17H2,1-3H3,(H,48,49)/t23-,25+,27-,33-,34+,40+/m0/s1. The van der Waals surface area contributed by atoms with E-state index in [4.69, 9.17) is 33.4 Å². The zero-order valence-corrected chi connectivity index (χ0v) is 32.2. The number of hydrogen-bond donors (Lipinski definition) is 2. The van der Waals surface area contributed by atoms with E-state index in [2.05, 4.69) is 0 Å². The van der Waals surface area contributed by atoms with E-state index in [-0.39, 0.29) is 43.4 Å². The van der Waals surface area contributed by atoms with Gasteiger partial charge < -0.3 is 10.2 Å². The van der Waals surface area contributed by atoms with Crippen LogP contribution in [0.4, 0.5) is 5.82 Å². The minimum atomic E-state index is -1.38.